The van der Waals surface area contributed by atoms with Crippen LogP contribution in [0.15, 0.2) is 36.4 Å². The Morgan fingerprint density at radius 2 is 1.90 bits per heavy atom. The maximum Gasteiger partial charge on any atom is 0.232 e. The van der Waals surface area contributed by atoms with E-state index < -0.39 is 0 Å². The summed E-state index contributed by atoms with van der Waals surface area (Å²) < 4.78 is 5.04. The van der Waals surface area contributed by atoms with Gasteiger partial charge in [0, 0.05) is 5.56 Å². The molecule has 0 aliphatic carbocycles. The van der Waals surface area contributed by atoms with Gasteiger partial charge in [-0.05, 0) is 30.5 Å². The van der Waals surface area contributed by atoms with Crippen LogP contribution in [0.25, 0.3) is 0 Å². The van der Waals surface area contributed by atoms with Crippen LogP contribution < -0.4 is 4.74 Å². The van der Waals surface area contributed by atoms with Gasteiger partial charge in [0.05, 0.1) is 7.11 Å². The van der Waals surface area contributed by atoms with Crippen LogP contribution in [0.5, 0.6) is 5.88 Å². The molecule has 1 aromatic heterocycles. The van der Waals surface area contributed by atoms with Crippen molar-refractivity contribution in [3.05, 3.63) is 58.2 Å². The molecule has 0 aliphatic heterocycles. The molecule has 1 aromatic carbocycles. The quantitative estimate of drug-likeness (QED) is 0.746. The number of ketones is 1. The molecule has 0 fully saturated rings. The van der Waals surface area contributed by atoms with Gasteiger partial charge in [-0.25, -0.2) is 4.98 Å². The number of aromatic nitrogens is 1. The van der Waals surface area contributed by atoms with E-state index >= 15 is 0 Å². The van der Waals surface area contributed by atoms with Crippen LogP contribution in [0.3, 0.4) is 0 Å². The van der Waals surface area contributed by atoms with Crippen molar-refractivity contribution in [1.82, 2.24) is 4.98 Å². The van der Waals surface area contributed by atoms with Crippen molar-refractivity contribution in [2.24, 2.45) is 0 Å². The van der Waals surface area contributed by atoms with Gasteiger partial charge in [0.1, 0.15) is 10.7 Å². The minimum atomic E-state index is -0.132. The minimum absolute atomic E-state index is 0.132. The lowest BCUT2D eigenvalue weighted by Crippen LogP contribution is -2.05. The second-order valence-electron chi connectivity index (χ2n) is 4.82. The summed E-state index contributed by atoms with van der Waals surface area (Å²) in [6.07, 6.45) is 3.36. The Morgan fingerprint density at radius 1 is 1.19 bits per heavy atom. The van der Waals surface area contributed by atoms with Gasteiger partial charge in [-0.1, -0.05) is 49.2 Å². The van der Waals surface area contributed by atoms with E-state index in [9.17, 15) is 4.79 Å². The van der Waals surface area contributed by atoms with Crippen molar-refractivity contribution in [3.8, 4) is 5.88 Å². The fraction of sp³-hybridized carbons (Fsp3) is 0.294. The van der Waals surface area contributed by atoms with E-state index in [1.165, 1.54) is 12.7 Å². The molecule has 0 saturated heterocycles. The number of methoxy groups -OCH3 is 1. The maximum absolute atomic E-state index is 12.4. The molecule has 4 heteroatoms. The Labute approximate surface area is 129 Å². The number of carbonyl (C=O) groups excluding carboxylic acids is 1. The van der Waals surface area contributed by atoms with Gasteiger partial charge in [-0.15, -0.1) is 0 Å². The van der Waals surface area contributed by atoms with E-state index in [1.807, 2.05) is 24.3 Å². The lowest BCUT2D eigenvalue weighted by Gasteiger charge is -2.06. The van der Waals surface area contributed by atoms with Crippen molar-refractivity contribution in [2.45, 2.75) is 26.2 Å². The highest BCUT2D eigenvalue weighted by Gasteiger charge is 2.13. The first-order valence-electron chi connectivity index (χ1n) is 7.00. The molecule has 0 bridgehead atoms. The van der Waals surface area contributed by atoms with Crippen LogP contribution in [0.2, 0.25) is 5.02 Å². The van der Waals surface area contributed by atoms with Gasteiger partial charge in [0.15, 0.2) is 0 Å². The summed E-state index contributed by atoms with van der Waals surface area (Å²) in [6, 6.07) is 10.9. The third-order valence-corrected chi connectivity index (χ3v) is 3.56. The Kier molecular flexibility index (Phi) is 5.34. The molecule has 0 N–H and O–H groups in total. The first-order valence-corrected chi connectivity index (χ1v) is 7.37. The molecular formula is C17H18ClNO2. The summed E-state index contributed by atoms with van der Waals surface area (Å²) in [6.45, 7) is 2.16. The number of pyridine rings is 1. The van der Waals surface area contributed by atoms with Crippen LogP contribution in [0.1, 0.15) is 41.4 Å². The number of nitrogens with zero attached hydrogens (tertiary/aromatic N) is 1. The summed E-state index contributed by atoms with van der Waals surface area (Å²) >= 11 is 5.92. The molecule has 0 atom stereocenters. The second-order valence-corrected chi connectivity index (χ2v) is 5.22. The Morgan fingerprint density at radius 3 is 2.52 bits per heavy atom. The van der Waals surface area contributed by atoms with Crippen LogP contribution in [-0.2, 0) is 6.42 Å². The third kappa shape index (κ3) is 3.82. The van der Waals surface area contributed by atoms with Gasteiger partial charge in [-0.3, -0.25) is 4.79 Å². The van der Waals surface area contributed by atoms with Crippen LogP contribution in [0.4, 0.5) is 0 Å². The third-order valence-electron chi connectivity index (χ3n) is 3.27. The molecule has 0 saturated carbocycles. The largest absolute Gasteiger partial charge is 0.480 e. The van der Waals surface area contributed by atoms with Crippen LogP contribution in [-0.4, -0.2) is 17.9 Å². The first kappa shape index (κ1) is 15.5. The average molecular weight is 304 g/mol. The first-order chi connectivity index (χ1) is 10.2. The molecule has 0 unspecified atom stereocenters. The highest BCUT2D eigenvalue weighted by molar-refractivity contribution is 6.31. The van der Waals surface area contributed by atoms with E-state index in [1.54, 1.807) is 12.1 Å². The number of hydrogen-bond donors (Lipinski definition) is 0. The molecule has 0 spiro atoms. The highest BCUT2D eigenvalue weighted by atomic mass is 35.5. The smallest absolute Gasteiger partial charge is 0.232 e. The van der Waals surface area contributed by atoms with Gasteiger partial charge < -0.3 is 4.74 Å². The van der Waals surface area contributed by atoms with Crippen molar-refractivity contribution >= 4 is 17.4 Å². The summed E-state index contributed by atoms with van der Waals surface area (Å²) in [4.78, 5) is 16.5. The van der Waals surface area contributed by atoms with E-state index in [4.69, 9.17) is 16.3 Å². The summed E-state index contributed by atoms with van der Waals surface area (Å²) in [5.74, 6) is 0.133. The molecule has 0 radical (unpaired) electrons. The zero-order chi connectivity index (χ0) is 15.2. The van der Waals surface area contributed by atoms with Crippen molar-refractivity contribution in [1.29, 1.82) is 0 Å². The number of unbranched alkanes of at least 4 members (excludes halogenated alkanes) is 1. The van der Waals surface area contributed by atoms with Gasteiger partial charge in [0.2, 0.25) is 11.7 Å². The molecule has 110 valence electrons. The summed E-state index contributed by atoms with van der Waals surface area (Å²) in [5.41, 5.74) is 2.19. The molecule has 0 amide bonds. The molecule has 3 nitrogen and oxygen atoms in total. The minimum Gasteiger partial charge on any atom is -0.480 e. The highest BCUT2D eigenvalue weighted by Crippen LogP contribution is 2.22. The standard InChI is InChI=1S/C17H18ClNO2/c1-3-4-5-12-6-8-13(9-7-12)16(20)15-11-10-14(18)17(19-15)21-2/h6-11H,3-5H2,1-2H3. The van der Waals surface area contributed by atoms with Crippen molar-refractivity contribution in [2.75, 3.05) is 7.11 Å². The topological polar surface area (TPSA) is 39.2 Å². The summed E-state index contributed by atoms with van der Waals surface area (Å²) in [5, 5.41) is 0.393. The predicted octanol–water partition coefficient (Wildman–Crippen LogP) is 4.32. The van der Waals surface area contributed by atoms with E-state index in [2.05, 4.69) is 11.9 Å². The average Bonchev–Trinajstić information content (AvgIpc) is 2.53. The van der Waals surface area contributed by atoms with Crippen molar-refractivity contribution < 1.29 is 9.53 Å². The number of hydrogen-bond acceptors (Lipinski definition) is 3. The lowest BCUT2D eigenvalue weighted by atomic mass is 10.0. The zero-order valence-corrected chi connectivity index (χ0v) is 13.0. The Hall–Kier alpha value is -1.87. The van der Waals surface area contributed by atoms with E-state index in [0.29, 0.717) is 16.3 Å². The number of halogens is 1. The molecule has 2 aromatic rings. The molecular weight excluding hydrogens is 286 g/mol. The van der Waals surface area contributed by atoms with Crippen LogP contribution >= 0.6 is 11.6 Å². The fourth-order valence-electron chi connectivity index (χ4n) is 2.04. The number of aryl methyl sites for hydroxylation is 1. The van der Waals surface area contributed by atoms with Gasteiger partial charge in [0.25, 0.3) is 0 Å². The van der Waals surface area contributed by atoms with E-state index in [0.717, 1.165) is 19.3 Å². The molecule has 1 heterocycles. The van der Waals surface area contributed by atoms with Gasteiger partial charge >= 0.3 is 0 Å². The summed E-state index contributed by atoms with van der Waals surface area (Å²) in [7, 11) is 1.48. The molecule has 2 rings (SSSR count). The monoisotopic (exact) mass is 303 g/mol. The SMILES string of the molecule is CCCCc1ccc(C(=O)c2ccc(Cl)c(OC)n2)cc1. The molecule has 21 heavy (non-hydrogen) atoms. The number of benzene rings is 1. The Balaban J connectivity index is 2.19. The second kappa shape index (κ2) is 7.23. The predicted molar refractivity (Wildman–Crippen MR) is 84.3 cm³/mol. The van der Waals surface area contributed by atoms with E-state index in [-0.39, 0.29) is 11.7 Å². The number of ether oxygens (including phenoxy) is 1. The maximum atomic E-state index is 12.4. The lowest BCUT2D eigenvalue weighted by molar-refractivity contribution is 0.103. The van der Waals surface area contributed by atoms with Crippen molar-refractivity contribution in [3.63, 3.8) is 0 Å². The zero-order valence-electron chi connectivity index (χ0n) is 12.2. The fourth-order valence-corrected chi connectivity index (χ4v) is 2.23. The van der Waals surface area contributed by atoms with Gasteiger partial charge in [-0.2, -0.15) is 0 Å². The number of rotatable bonds is 6. The number of carbonyl (C=O) groups is 1. The normalized spacial score (nSPS) is 10.4. The van der Waals surface area contributed by atoms with Crippen LogP contribution in [0, 0.1) is 0 Å². The Bertz CT molecular complexity index is 623. The molecule has 0 aliphatic rings.